The lowest BCUT2D eigenvalue weighted by Crippen LogP contribution is -2.37. The number of carbonyl (C=O) groups excluding carboxylic acids is 2. The fourth-order valence-electron chi connectivity index (χ4n) is 3.20. The van der Waals surface area contributed by atoms with Crippen LogP contribution in [0.2, 0.25) is 5.82 Å². The van der Waals surface area contributed by atoms with Gasteiger partial charge in [0.1, 0.15) is 11.6 Å². The summed E-state index contributed by atoms with van der Waals surface area (Å²) in [6.45, 7) is 2.14. The quantitative estimate of drug-likeness (QED) is 0.584. The van der Waals surface area contributed by atoms with E-state index >= 15 is 0 Å². The molecule has 2 rings (SSSR count). The second-order valence-electron chi connectivity index (χ2n) is 6.63. The second-order valence-corrected chi connectivity index (χ2v) is 6.63. The van der Waals surface area contributed by atoms with E-state index in [0.29, 0.717) is 37.2 Å². The Kier molecular flexibility index (Phi) is 7.25. The number of aromatic nitrogens is 1. The van der Waals surface area contributed by atoms with Crippen molar-refractivity contribution in [2.24, 2.45) is 11.5 Å². The first-order valence-electron chi connectivity index (χ1n) is 8.65. The van der Waals surface area contributed by atoms with Crippen LogP contribution in [0.1, 0.15) is 49.6 Å². The van der Waals surface area contributed by atoms with Crippen LogP contribution in [0.25, 0.3) is 0 Å². The third-order valence-electron chi connectivity index (χ3n) is 4.52. The molecule has 1 fully saturated rings. The van der Waals surface area contributed by atoms with Crippen LogP contribution >= 0.6 is 0 Å². The van der Waals surface area contributed by atoms with E-state index in [1.807, 2.05) is 6.07 Å². The molecule has 1 aliphatic rings. The molecule has 25 heavy (non-hydrogen) atoms. The van der Waals surface area contributed by atoms with Crippen molar-refractivity contribution in [3.05, 3.63) is 29.1 Å². The van der Waals surface area contributed by atoms with Crippen molar-refractivity contribution < 1.29 is 19.3 Å². The maximum absolute atomic E-state index is 12.3. The highest BCUT2D eigenvalue weighted by Crippen LogP contribution is 2.31. The van der Waals surface area contributed by atoms with E-state index in [0.717, 1.165) is 5.56 Å². The van der Waals surface area contributed by atoms with Gasteiger partial charge >= 0.3 is 7.12 Å². The molecule has 2 atom stereocenters. The molecule has 2 heterocycles. The van der Waals surface area contributed by atoms with Crippen LogP contribution in [0.5, 0.6) is 0 Å². The van der Waals surface area contributed by atoms with Crippen molar-refractivity contribution in [2.45, 2.75) is 64.0 Å². The van der Waals surface area contributed by atoms with Gasteiger partial charge in [0, 0.05) is 50.0 Å². The van der Waals surface area contributed by atoms with Gasteiger partial charge in [0.25, 0.3) is 0 Å². The molecule has 136 valence electrons. The molecule has 1 aliphatic heterocycles. The Morgan fingerprint density at radius 1 is 1.28 bits per heavy atom. The topological polar surface area (TPSA) is 129 Å². The molecule has 1 aromatic heterocycles. The Bertz CT molecular complexity index is 626. The molecular formula is C17H26BN3O4. The second kappa shape index (κ2) is 9.19. The zero-order valence-corrected chi connectivity index (χ0v) is 14.6. The van der Waals surface area contributed by atoms with Gasteiger partial charge in [-0.1, -0.05) is 6.07 Å². The number of rotatable bonds is 8. The number of carbonyl (C=O) groups is 2. The summed E-state index contributed by atoms with van der Waals surface area (Å²) in [5.74, 6) is -0.212. The summed E-state index contributed by atoms with van der Waals surface area (Å²) in [5.41, 5.74) is 13.5. The number of nitrogens with two attached hydrogens (primary N) is 2. The molecule has 0 bridgehead atoms. The van der Waals surface area contributed by atoms with Crippen LogP contribution in [0.4, 0.5) is 0 Å². The zero-order chi connectivity index (χ0) is 18.4. The van der Waals surface area contributed by atoms with Gasteiger partial charge in [-0.05, 0) is 31.4 Å². The van der Waals surface area contributed by atoms with Crippen LogP contribution in [0, 0.1) is 0 Å². The maximum Gasteiger partial charge on any atom is 0.458 e. The molecule has 1 aromatic rings. The third-order valence-corrected chi connectivity index (χ3v) is 4.52. The van der Waals surface area contributed by atoms with Crippen LogP contribution in [0.3, 0.4) is 0 Å². The number of hydrogen-bond acceptors (Lipinski definition) is 7. The van der Waals surface area contributed by atoms with Gasteiger partial charge in [-0.3, -0.25) is 14.6 Å². The number of Topliss-reactive ketones (excluding diaryl/α,β-unsaturated/α-hetero) is 2. The number of nitrogens with zero attached hydrogens (tertiary/aromatic N) is 1. The third kappa shape index (κ3) is 5.71. The molecule has 5 N–H and O–H groups in total. The van der Waals surface area contributed by atoms with Crippen molar-refractivity contribution >= 4 is 18.7 Å². The first kappa shape index (κ1) is 19.7. The Morgan fingerprint density at radius 2 is 2.04 bits per heavy atom. The minimum absolute atomic E-state index is 0.00589. The van der Waals surface area contributed by atoms with Crippen molar-refractivity contribution in [1.29, 1.82) is 0 Å². The Morgan fingerprint density at radius 3 is 2.64 bits per heavy atom. The minimum atomic E-state index is -1.01. The number of pyridine rings is 1. The Hall–Kier alpha value is -1.61. The number of hydrogen-bond donors (Lipinski definition) is 3. The molecule has 0 unspecified atom stereocenters. The fraction of sp³-hybridized carbons (Fsp3) is 0.588. The van der Waals surface area contributed by atoms with Crippen LogP contribution in [-0.4, -0.2) is 34.8 Å². The highest BCUT2D eigenvalue weighted by Gasteiger charge is 2.36. The van der Waals surface area contributed by atoms with Gasteiger partial charge in [0.2, 0.25) is 0 Å². The molecule has 7 nitrogen and oxygen atoms in total. The average Bonchev–Trinajstić information content (AvgIpc) is 2.56. The van der Waals surface area contributed by atoms with E-state index in [1.54, 1.807) is 6.07 Å². The molecule has 1 saturated heterocycles. The first-order valence-corrected chi connectivity index (χ1v) is 8.65. The Balaban J connectivity index is 1.89. The van der Waals surface area contributed by atoms with Gasteiger partial charge in [0.15, 0.2) is 0 Å². The molecule has 0 saturated carbocycles. The molecule has 0 spiro atoms. The van der Waals surface area contributed by atoms with Gasteiger partial charge in [-0.25, -0.2) is 0 Å². The van der Waals surface area contributed by atoms with E-state index < -0.39 is 7.12 Å². The first-order chi connectivity index (χ1) is 11.9. The largest absolute Gasteiger partial charge is 0.458 e. The van der Waals surface area contributed by atoms with Crippen molar-refractivity contribution in [3.63, 3.8) is 0 Å². The average molecular weight is 347 g/mol. The lowest BCUT2D eigenvalue weighted by molar-refractivity contribution is -0.120. The van der Waals surface area contributed by atoms with Gasteiger partial charge in [0.05, 0.1) is 5.69 Å². The lowest BCUT2D eigenvalue weighted by atomic mass is 9.64. The number of ketones is 2. The summed E-state index contributed by atoms with van der Waals surface area (Å²) in [6.07, 6.45) is 1.81. The van der Waals surface area contributed by atoms with Gasteiger partial charge in [-0.15, -0.1) is 0 Å². The van der Waals surface area contributed by atoms with Crippen molar-refractivity contribution in [1.82, 2.24) is 4.98 Å². The van der Waals surface area contributed by atoms with Gasteiger partial charge < -0.3 is 21.1 Å². The smallest absolute Gasteiger partial charge is 0.427 e. The standard InChI is InChI=1S/C17H26BN3O4/c1-11(22)6-16-5-3-13(18(24)25-16)7-15(23)8-14-4-2-12(9-19)17(10-20)21-14/h2,4,13,16,24H,3,5-10,19-20H2,1H3/t13-,16+/m1/s1. The molecule has 0 amide bonds. The fourth-order valence-corrected chi connectivity index (χ4v) is 3.20. The summed E-state index contributed by atoms with van der Waals surface area (Å²) >= 11 is 0. The molecular weight excluding hydrogens is 321 g/mol. The highest BCUT2D eigenvalue weighted by atomic mass is 16.5. The maximum atomic E-state index is 12.3. The van der Waals surface area contributed by atoms with E-state index in [1.165, 1.54) is 6.92 Å². The summed E-state index contributed by atoms with van der Waals surface area (Å²) in [4.78, 5) is 27.9. The summed E-state index contributed by atoms with van der Waals surface area (Å²) < 4.78 is 5.46. The summed E-state index contributed by atoms with van der Waals surface area (Å²) in [6, 6.07) is 3.64. The molecule has 0 aliphatic carbocycles. The lowest BCUT2D eigenvalue weighted by Gasteiger charge is -2.30. The predicted molar refractivity (Wildman–Crippen MR) is 94.5 cm³/mol. The van der Waals surface area contributed by atoms with Crippen molar-refractivity contribution in [3.8, 4) is 0 Å². The molecule has 8 heteroatoms. The zero-order valence-electron chi connectivity index (χ0n) is 14.6. The van der Waals surface area contributed by atoms with Crippen LogP contribution < -0.4 is 11.5 Å². The van der Waals surface area contributed by atoms with E-state index in [-0.39, 0.29) is 42.9 Å². The highest BCUT2D eigenvalue weighted by molar-refractivity contribution is 6.45. The summed E-state index contributed by atoms with van der Waals surface area (Å²) in [5, 5.41) is 10.1. The van der Waals surface area contributed by atoms with Crippen LogP contribution in [0.15, 0.2) is 12.1 Å². The van der Waals surface area contributed by atoms with Gasteiger partial charge in [-0.2, -0.15) is 0 Å². The minimum Gasteiger partial charge on any atom is -0.427 e. The normalized spacial score (nSPS) is 20.6. The van der Waals surface area contributed by atoms with Crippen molar-refractivity contribution in [2.75, 3.05) is 0 Å². The molecule has 0 radical (unpaired) electrons. The SMILES string of the molecule is CC(=O)C[C@@H]1CC[C@H](CC(=O)Cc2ccc(CN)c(CN)n2)B(O)O1. The predicted octanol–water partition coefficient (Wildman–Crippen LogP) is 0.510. The monoisotopic (exact) mass is 347 g/mol. The van der Waals surface area contributed by atoms with Crippen LogP contribution in [-0.2, 0) is 33.8 Å². The molecule has 0 aromatic carbocycles. The summed E-state index contributed by atoms with van der Waals surface area (Å²) in [7, 11) is -1.01. The van der Waals surface area contributed by atoms with E-state index in [9.17, 15) is 14.6 Å². The van der Waals surface area contributed by atoms with E-state index in [4.69, 9.17) is 16.1 Å². The Labute approximate surface area is 148 Å². The van der Waals surface area contributed by atoms with E-state index in [2.05, 4.69) is 4.98 Å².